The van der Waals surface area contributed by atoms with Gasteiger partial charge in [-0.2, -0.15) is 0 Å². The van der Waals surface area contributed by atoms with Crippen LogP contribution in [0.4, 0.5) is 0 Å². The van der Waals surface area contributed by atoms with Crippen molar-refractivity contribution in [2.24, 2.45) is 28.5 Å². The maximum Gasteiger partial charge on any atom is 0.244 e. The van der Waals surface area contributed by atoms with E-state index in [4.69, 9.17) is 21.9 Å². The van der Waals surface area contributed by atoms with Gasteiger partial charge in [-0.25, -0.2) is 0 Å². The van der Waals surface area contributed by atoms with Crippen LogP contribution in [0.1, 0.15) is 20.3 Å². The van der Waals surface area contributed by atoms with E-state index in [0.29, 0.717) is 13.0 Å². The van der Waals surface area contributed by atoms with Crippen molar-refractivity contribution in [2.45, 2.75) is 31.9 Å². The molecule has 0 aromatic heterocycles. The van der Waals surface area contributed by atoms with Gasteiger partial charge in [-0.15, -0.1) is 0 Å². The van der Waals surface area contributed by atoms with E-state index < -0.39 is 28.7 Å². The molecule has 8 heteroatoms. The minimum atomic E-state index is -1.18. The van der Waals surface area contributed by atoms with Crippen molar-refractivity contribution in [1.29, 1.82) is 0 Å². The first-order valence-electron chi connectivity index (χ1n) is 6.88. The molecule has 1 saturated carbocycles. The summed E-state index contributed by atoms with van der Waals surface area (Å²) in [7, 11) is 0. The van der Waals surface area contributed by atoms with Crippen LogP contribution in [-0.4, -0.2) is 54.0 Å². The minimum Gasteiger partial charge on any atom is -0.377 e. The molecule has 3 amide bonds. The van der Waals surface area contributed by atoms with Crippen LogP contribution in [-0.2, 0) is 19.1 Å². The second-order valence-corrected chi connectivity index (χ2v) is 6.37. The molecule has 0 radical (unpaired) electrons. The van der Waals surface area contributed by atoms with Gasteiger partial charge >= 0.3 is 0 Å². The molecule has 2 fully saturated rings. The molecule has 21 heavy (non-hydrogen) atoms. The molecular weight excluding hydrogens is 276 g/mol. The minimum absolute atomic E-state index is 0.0875. The fourth-order valence-electron chi connectivity index (χ4n) is 3.66. The zero-order valence-electron chi connectivity index (χ0n) is 12.3. The summed E-state index contributed by atoms with van der Waals surface area (Å²) < 4.78 is 5.62. The van der Waals surface area contributed by atoms with Crippen LogP contribution in [0, 0.1) is 11.3 Å². The Bertz CT molecular complexity index is 477. The lowest BCUT2D eigenvalue weighted by atomic mass is 9.47. The topological polar surface area (TPSA) is 142 Å². The first kappa shape index (κ1) is 15.7. The standard InChI is InChI=1S/C13H22N4O4/c1-12(2)10-7(3-4-21-10)13(12,16)11(20)17(5-8(14)18)6-9(15)19/h7,10H,3-6,16H2,1-2H3,(H2,14,18)(H2,15,19). The van der Waals surface area contributed by atoms with Crippen molar-refractivity contribution in [3.05, 3.63) is 0 Å². The van der Waals surface area contributed by atoms with E-state index in [2.05, 4.69) is 0 Å². The van der Waals surface area contributed by atoms with E-state index in [-0.39, 0.29) is 25.1 Å². The number of primary amides is 2. The first-order chi connectivity index (χ1) is 9.62. The van der Waals surface area contributed by atoms with Crippen molar-refractivity contribution in [3.8, 4) is 0 Å². The molecule has 1 saturated heterocycles. The zero-order chi connectivity index (χ0) is 16.0. The monoisotopic (exact) mass is 298 g/mol. The molecule has 0 aromatic rings. The Hall–Kier alpha value is -1.67. The van der Waals surface area contributed by atoms with Gasteiger partial charge in [-0.3, -0.25) is 14.4 Å². The molecule has 8 nitrogen and oxygen atoms in total. The maximum absolute atomic E-state index is 12.8. The van der Waals surface area contributed by atoms with Crippen LogP contribution in [0.25, 0.3) is 0 Å². The third kappa shape index (κ3) is 2.18. The van der Waals surface area contributed by atoms with Gasteiger partial charge in [-0.1, -0.05) is 13.8 Å². The summed E-state index contributed by atoms with van der Waals surface area (Å²) in [6.45, 7) is 3.49. The van der Waals surface area contributed by atoms with Gasteiger partial charge in [-0.05, 0) is 6.42 Å². The van der Waals surface area contributed by atoms with E-state index in [1.807, 2.05) is 13.8 Å². The molecule has 2 rings (SSSR count). The maximum atomic E-state index is 12.8. The lowest BCUT2D eigenvalue weighted by Crippen LogP contribution is -2.80. The predicted octanol–water partition coefficient (Wildman–Crippen LogP) is -2.07. The number of fused-ring (bicyclic) bond motifs is 1. The van der Waals surface area contributed by atoms with Crippen molar-refractivity contribution >= 4 is 17.7 Å². The van der Waals surface area contributed by atoms with Crippen LogP contribution >= 0.6 is 0 Å². The second kappa shape index (κ2) is 4.96. The van der Waals surface area contributed by atoms with Gasteiger partial charge in [0.1, 0.15) is 5.54 Å². The molecule has 6 N–H and O–H groups in total. The van der Waals surface area contributed by atoms with E-state index in [9.17, 15) is 14.4 Å². The Kier molecular flexibility index (Phi) is 3.71. The number of nitrogens with two attached hydrogens (primary N) is 3. The summed E-state index contributed by atoms with van der Waals surface area (Å²) in [5, 5.41) is 0. The average Bonchev–Trinajstić information content (AvgIpc) is 2.83. The lowest BCUT2D eigenvalue weighted by molar-refractivity contribution is -0.185. The van der Waals surface area contributed by atoms with Crippen molar-refractivity contribution < 1.29 is 19.1 Å². The van der Waals surface area contributed by atoms with Crippen molar-refractivity contribution in [1.82, 2.24) is 4.90 Å². The molecule has 2 aliphatic rings. The molecular formula is C13H22N4O4. The van der Waals surface area contributed by atoms with E-state index >= 15 is 0 Å². The number of hydrogen-bond acceptors (Lipinski definition) is 5. The number of amides is 3. The molecule has 1 aliphatic carbocycles. The number of hydrogen-bond donors (Lipinski definition) is 3. The Morgan fingerprint density at radius 2 is 1.71 bits per heavy atom. The summed E-state index contributed by atoms with van der Waals surface area (Å²) in [6, 6.07) is 0. The van der Waals surface area contributed by atoms with Gasteiger partial charge in [0.15, 0.2) is 0 Å². The zero-order valence-corrected chi connectivity index (χ0v) is 12.3. The highest BCUT2D eigenvalue weighted by Crippen LogP contribution is 2.58. The van der Waals surface area contributed by atoms with E-state index in [1.165, 1.54) is 0 Å². The van der Waals surface area contributed by atoms with Gasteiger partial charge in [0.2, 0.25) is 17.7 Å². The molecule has 0 aromatic carbocycles. The first-order valence-corrected chi connectivity index (χ1v) is 6.88. The summed E-state index contributed by atoms with van der Waals surface area (Å²) in [4.78, 5) is 36.1. The van der Waals surface area contributed by atoms with Crippen LogP contribution in [0.2, 0.25) is 0 Å². The SMILES string of the molecule is CC1(C)C2OCCC2C1(N)C(=O)N(CC(N)=O)CC(N)=O. The van der Waals surface area contributed by atoms with Crippen molar-refractivity contribution in [3.63, 3.8) is 0 Å². The Morgan fingerprint density at radius 1 is 1.19 bits per heavy atom. The van der Waals surface area contributed by atoms with Gasteiger partial charge < -0.3 is 26.8 Å². The summed E-state index contributed by atoms with van der Waals surface area (Å²) in [6.07, 6.45) is 0.590. The lowest BCUT2D eigenvalue weighted by Gasteiger charge is -2.61. The molecule has 3 unspecified atom stereocenters. The fourth-order valence-corrected chi connectivity index (χ4v) is 3.66. The molecule has 1 aliphatic heterocycles. The summed E-state index contributed by atoms with van der Waals surface area (Å²) >= 11 is 0. The van der Waals surface area contributed by atoms with E-state index in [1.54, 1.807) is 0 Å². The summed E-state index contributed by atoms with van der Waals surface area (Å²) in [5.74, 6) is -2.03. The second-order valence-electron chi connectivity index (χ2n) is 6.37. The Labute approximate surface area is 122 Å². The van der Waals surface area contributed by atoms with Crippen LogP contribution in [0.3, 0.4) is 0 Å². The Balaban J connectivity index is 2.26. The van der Waals surface area contributed by atoms with E-state index in [0.717, 1.165) is 4.90 Å². The van der Waals surface area contributed by atoms with Crippen molar-refractivity contribution in [2.75, 3.05) is 19.7 Å². The smallest absolute Gasteiger partial charge is 0.244 e. The third-order valence-corrected chi connectivity index (χ3v) is 4.79. The fraction of sp³-hybridized carbons (Fsp3) is 0.769. The highest BCUT2D eigenvalue weighted by molar-refractivity contribution is 5.95. The van der Waals surface area contributed by atoms with Gasteiger partial charge in [0.25, 0.3) is 0 Å². The molecule has 118 valence electrons. The summed E-state index contributed by atoms with van der Waals surface area (Å²) in [5.41, 5.74) is 14.9. The van der Waals surface area contributed by atoms with Crippen LogP contribution in [0.5, 0.6) is 0 Å². The number of carbonyl (C=O) groups excluding carboxylic acids is 3. The van der Waals surface area contributed by atoms with Gasteiger partial charge in [0, 0.05) is 17.9 Å². The van der Waals surface area contributed by atoms with Crippen LogP contribution < -0.4 is 17.2 Å². The quantitative estimate of drug-likeness (QED) is 0.534. The Morgan fingerprint density at radius 3 is 2.19 bits per heavy atom. The highest BCUT2D eigenvalue weighted by Gasteiger charge is 2.72. The largest absolute Gasteiger partial charge is 0.377 e. The number of rotatable bonds is 5. The highest BCUT2D eigenvalue weighted by atomic mass is 16.5. The average molecular weight is 298 g/mol. The predicted molar refractivity (Wildman–Crippen MR) is 73.5 cm³/mol. The number of ether oxygens (including phenoxy) is 1. The molecule has 3 atom stereocenters. The number of carbonyl (C=O) groups is 3. The molecule has 0 bridgehead atoms. The normalized spacial score (nSPS) is 32.9. The van der Waals surface area contributed by atoms with Gasteiger partial charge in [0.05, 0.1) is 19.2 Å². The number of nitrogens with zero attached hydrogens (tertiary/aromatic N) is 1. The molecule has 1 heterocycles. The molecule has 0 spiro atoms. The van der Waals surface area contributed by atoms with Crippen LogP contribution in [0.15, 0.2) is 0 Å². The third-order valence-electron chi connectivity index (χ3n) is 4.79.